The highest BCUT2D eigenvalue weighted by Crippen LogP contribution is 2.42. The molecule has 6 heteroatoms. The third-order valence-electron chi connectivity index (χ3n) is 6.12. The van der Waals surface area contributed by atoms with Gasteiger partial charge in [-0.15, -0.1) is 0 Å². The third kappa shape index (κ3) is 4.21. The van der Waals surface area contributed by atoms with Crippen LogP contribution in [0.4, 0.5) is 5.69 Å². The van der Waals surface area contributed by atoms with E-state index in [4.69, 9.17) is 12.2 Å². The van der Waals surface area contributed by atoms with Crippen molar-refractivity contribution in [3.8, 4) is 5.69 Å². The van der Waals surface area contributed by atoms with Crippen LogP contribution in [-0.2, 0) is 0 Å². The van der Waals surface area contributed by atoms with Gasteiger partial charge in [-0.1, -0.05) is 48.0 Å². The summed E-state index contributed by atoms with van der Waals surface area (Å²) < 4.78 is 3.29. The van der Waals surface area contributed by atoms with Crippen molar-refractivity contribution >= 4 is 38.9 Å². The fraction of sp³-hybridized carbons (Fsp3) is 0.185. The Bertz CT molecular complexity index is 1250. The van der Waals surface area contributed by atoms with Crippen LogP contribution in [0.5, 0.6) is 0 Å². The van der Waals surface area contributed by atoms with Crippen molar-refractivity contribution in [2.24, 2.45) is 0 Å². The number of nitrogens with zero attached hydrogens (tertiary/aromatic N) is 3. The highest BCUT2D eigenvalue weighted by Gasteiger charge is 2.42. The first-order chi connectivity index (χ1) is 16.0. The molecule has 2 aromatic carbocycles. The molecule has 0 bridgehead atoms. The second-order valence-electron chi connectivity index (χ2n) is 8.52. The summed E-state index contributed by atoms with van der Waals surface area (Å²) >= 11 is 9.43. The van der Waals surface area contributed by atoms with E-state index in [1.165, 1.54) is 5.56 Å². The van der Waals surface area contributed by atoms with Crippen LogP contribution in [0.25, 0.3) is 5.69 Å². The molecule has 1 aliphatic heterocycles. The summed E-state index contributed by atoms with van der Waals surface area (Å²) in [5.74, 6) is 0.481. The Morgan fingerprint density at radius 2 is 1.64 bits per heavy atom. The Morgan fingerprint density at radius 1 is 0.909 bits per heavy atom. The fourth-order valence-electron chi connectivity index (χ4n) is 4.43. The van der Waals surface area contributed by atoms with Gasteiger partial charge in [0, 0.05) is 33.9 Å². The maximum atomic E-state index is 5.88. The molecule has 4 nitrogen and oxygen atoms in total. The van der Waals surface area contributed by atoms with E-state index in [0.29, 0.717) is 11.0 Å². The number of halogens is 1. The second-order valence-corrected chi connectivity index (χ2v) is 9.82. The van der Waals surface area contributed by atoms with Gasteiger partial charge < -0.3 is 14.8 Å². The molecule has 3 heterocycles. The van der Waals surface area contributed by atoms with Crippen LogP contribution in [-0.4, -0.2) is 14.7 Å². The first kappa shape index (κ1) is 21.9. The molecule has 0 aliphatic carbocycles. The predicted molar refractivity (Wildman–Crippen MR) is 142 cm³/mol. The minimum Gasteiger partial charge on any atom is -0.351 e. The Labute approximate surface area is 208 Å². The largest absolute Gasteiger partial charge is 0.351 e. The van der Waals surface area contributed by atoms with Crippen LogP contribution in [0.1, 0.15) is 48.8 Å². The molecule has 1 N–H and O–H groups in total. The van der Waals surface area contributed by atoms with Gasteiger partial charge in [0.05, 0.1) is 11.7 Å². The summed E-state index contributed by atoms with van der Waals surface area (Å²) in [6, 6.07) is 27.3. The summed E-state index contributed by atoms with van der Waals surface area (Å²) in [5.41, 5.74) is 5.60. The van der Waals surface area contributed by atoms with Crippen LogP contribution in [0.2, 0.25) is 0 Å². The van der Waals surface area contributed by atoms with Gasteiger partial charge in [0.15, 0.2) is 5.11 Å². The average Bonchev–Trinajstić information content (AvgIpc) is 3.44. The van der Waals surface area contributed by atoms with E-state index in [2.05, 4.69) is 122 Å². The van der Waals surface area contributed by atoms with Gasteiger partial charge in [0.25, 0.3) is 0 Å². The van der Waals surface area contributed by atoms with Crippen molar-refractivity contribution in [2.75, 3.05) is 4.90 Å². The molecule has 0 saturated carbocycles. The molecule has 1 saturated heterocycles. The highest BCUT2D eigenvalue weighted by atomic mass is 79.9. The van der Waals surface area contributed by atoms with Gasteiger partial charge in [0.2, 0.25) is 0 Å². The summed E-state index contributed by atoms with van der Waals surface area (Å²) in [6.45, 7) is 4.42. The van der Waals surface area contributed by atoms with Crippen LogP contribution < -0.4 is 10.2 Å². The summed E-state index contributed by atoms with van der Waals surface area (Å²) in [6.07, 6.45) is 3.94. The molecule has 0 spiro atoms. The van der Waals surface area contributed by atoms with Crippen LogP contribution >= 0.6 is 28.1 Å². The number of hydrogen-bond acceptors (Lipinski definition) is 2. The lowest BCUT2D eigenvalue weighted by Gasteiger charge is -2.29. The fourth-order valence-corrected chi connectivity index (χ4v) is 5.04. The Morgan fingerprint density at radius 3 is 2.30 bits per heavy atom. The SMILES string of the molecule is CC(C)c1ccc(N2C(=S)NC(c3ccccn3)C2c2cccn2-c2ccc(Br)cc2)cc1. The molecule has 33 heavy (non-hydrogen) atoms. The number of thiocarbonyl (C=S) groups is 1. The molecule has 4 aromatic rings. The van der Waals surface area contributed by atoms with Crippen LogP contribution in [0, 0.1) is 0 Å². The van der Waals surface area contributed by atoms with Gasteiger partial charge in [-0.3, -0.25) is 4.98 Å². The maximum absolute atomic E-state index is 5.88. The van der Waals surface area contributed by atoms with E-state index in [-0.39, 0.29) is 12.1 Å². The van der Waals surface area contributed by atoms with Gasteiger partial charge in [0.1, 0.15) is 6.04 Å². The van der Waals surface area contributed by atoms with Crippen molar-refractivity contribution in [1.29, 1.82) is 0 Å². The van der Waals surface area contributed by atoms with Gasteiger partial charge in [-0.2, -0.15) is 0 Å². The topological polar surface area (TPSA) is 33.1 Å². The zero-order valence-corrected chi connectivity index (χ0v) is 20.9. The lowest BCUT2D eigenvalue weighted by Crippen LogP contribution is -2.30. The molecule has 0 amide bonds. The van der Waals surface area contributed by atoms with Gasteiger partial charge >= 0.3 is 0 Å². The first-order valence-corrected chi connectivity index (χ1v) is 12.3. The van der Waals surface area contributed by atoms with Crippen molar-refractivity contribution in [1.82, 2.24) is 14.9 Å². The molecule has 166 valence electrons. The number of rotatable bonds is 5. The van der Waals surface area contributed by atoms with E-state index >= 15 is 0 Å². The van der Waals surface area contributed by atoms with Crippen molar-refractivity contribution in [3.05, 3.63) is 113 Å². The molecule has 1 aliphatic rings. The molecule has 2 unspecified atom stereocenters. The lowest BCUT2D eigenvalue weighted by molar-refractivity contribution is 0.549. The Kier molecular flexibility index (Phi) is 6.04. The molecule has 0 radical (unpaired) electrons. The number of anilines is 1. The number of nitrogens with one attached hydrogen (secondary N) is 1. The highest BCUT2D eigenvalue weighted by molar-refractivity contribution is 9.10. The smallest absolute Gasteiger partial charge is 0.174 e. The van der Waals surface area contributed by atoms with Crippen LogP contribution in [0.3, 0.4) is 0 Å². The zero-order chi connectivity index (χ0) is 22.9. The minimum atomic E-state index is -0.0763. The number of benzene rings is 2. The zero-order valence-electron chi connectivity index (χ0n) is 18.5. The summed E-state index contributed by atoms with van der Waals surface area (Å²) in [7, 11) is 0. The van der Waals surface area contributed by atoms with E-state index in [0.717, 1.165) is 27.2 Å². The minimum absolute atomic E-state index is 0.0593. The lowest BCUT2D eigenvalue weighted by atomic mass is 9.99. The normalized spacial score (nSPS) is 18.1. The van der Waals surface area contributed by atoms with Gasteiger partial charge in [-0.25, -0.2) is 0 Å². The Balaban J connectivity index is 1.63. The molecule has 5 rings (SSSR count). The molecular formula is C27H25BrN4S. The van der Waals surface area contributed by atoms with Crippen molar-refractivity contribution < 1.29 is 0 Å². The standard InChI is InChI=1S/C27H25BrN4S/c1-18(2)19-8-12-22(13-9-19)32-26(25(30-27(32)33)23-6-3-4-16-29-23)24-7-5-17-31(24)21-14-10-20(28)11-15-21/h3-18,25-26H,1-2H3,(H,30,33). The number of pyridine rings is 1. The van der Waals surface area contributed by atoms with E-state index in [9.17, 15) is 0 Å². The van der Waals surface area contributed by atoms with Gasteiger partial charge in [-0.05, 0) is 84.4 Å². The molecule has 2 atom stereocenters. The van der Waals surface area contributed by atoms with Crippen molar-refractivity contribution in [2.45, 2.75) is 31.8 Å². The van der Waals surface area contributed by atoms with E-state index < -0.39 is 0 Å². The summed E-state index contributed by atoms with van der Waals surface area (Å²) in [5, 5.41) is 4.26. The molecular weight excluding hydrogens is 492 g/mol. The number of aromatic nitrogens is 2. The van der Waals surface area contributed by atoms with E-state index in [1.54, 1.807) is 0 Å². The second kappa shape index (κ2) is 9.12. The third-order valence-corrected chi connectivity index (χ3v) is 6.97. The van der Waals surface area contributed by atoms with Crippen molar-refractivity contribution in [3.63, 3.8) is 0 Å². The number of hydrogen-bond donors (Lipinski definition) is 1. The first-order valence-electron chi connectivity index (χ1n) is 11.1. The quantitative estimate of drug-likeness (QED) is 0.291. The molecule has 2 aromatic heterocycles. The average molecular weight is 517 g/mol. The summed E-state index contributed by atoms with van der Waals surface area (Å²) in [4.78, 5) is 6.90. The maximum Gasteiger partial charge on any atom is 0.174 e. The van der Waals surface area contributed by atoms with E-state index in [1.807, 2.05) is 18.3 Å². The Hall–Kier alpha value is -2.96. The monoisotopic (exact) mass is 516 g/mol. The molecule has 1 fully saturated rings. The predicted octanol–water partition coefficient (Wildman–Crippen LogP) is 6.94. The van der Waals surface area contributed by atoms with Crippen LogP contribution in [0.15, 0.2) is 95.7 Å².